The average Bonchev–Trinajstić information content (AvgIpc) is 2.76. The molecular weight excluding hydrogens is 258 g/mol. The van der Waals surface area contributed by atoms with Crippen LogP contribution in [0.2, 0.25) is 0 Å². The minimum Gasteiger partial charge on any atom is -0.396 e. The molecule has 0 saturated heterocycles. The normalized spacial score (nSPS) is 25.1. The van der Waals surface area contributed by atoms with Crippen LogP contribution in [0.15, 0.2) is 24.3 Å². The molecule has 21 heavy (non-hydrogen) atoms. The molecule has 0 bridgehead atoms. The van der Waals surface area contributed by atoms with Crippen molar-refractivity contribution in [3.63, 3.8) is 0 Å². The first kappa shape index (κ1) is 15.1. The van der Waals surface area contributed by atoms with E-state index >= 15 is 0 Å². The van der Waals surface area contributed by atoms with Gasteiger partial charge in [-0.3, -0.25) is 0 Å². The third kappa shape index (κ3) is 3.49. The molecule has 3 rings (SSSR count). The largest absolute Gasteiger partial charge is 0.396 e. The Bertz CT molecular complexity index is 451. The van der Waals surface area contributed by atoms with Crippen molar-refractivity contribution in [3.05, 3.63) is 35.4 Å². The number of benzene rings is 1. The summed E-state index contributed by atoms with van der Waals surface area (Å²) < 4.78 is 0. The van der Waals surface area contributed by atoms with Crippen LogP contribution in [-0.4, -0.2) is 18.3 Å². The Hall–Kier alpha value is -0.860. The number of aliphatic hydroxyl groups excluding tert-OH is 1. The lowest BCUT2D eigenvalue weighted by molar-refractivity contribution is 0.0779. The van der Waals surface area contributed by atoms with Crippen molar-refractivity contribution >= 4 is 0 Å². The zero-order chi connectivity index (χ0) is 14.5. The van der Waals surface area contributed by atoms with Crippen molar-refractivity contribution in [2.24, 2.45) is 5.41 Å². The molecule has 0 spiro atoms. The van der Waals surface area contributed by atoms with E-state index in [9.17, 15) is 5.11 Å². The molecule has 0 aromatic heterocycles. The Balaban J connectivity index is 1.69. The number of rotatable bonds is 4. The predicted octanol–water partition coefficient (Wildman–Crippen LogP) is 3.99. The van der Waals surface area contributed by atoms with Crippen LogP contribution in [0, 0.1) is 5.41 Å². The van der Waals surface area contributed by atoms with Crippen LogP contribution in [0.5, 0.6) is 0 Å². The fourth-order valence-corrected chi connectivity index (χ4v) is 4.17. The monoisotopic (exact) mass is 287 g/mol. The van der Waals surface area contributed by atoms with Crippen molar-refractivity contribution < 1.29 is 5.11 Å². The molecule has 1 unspecified atom stereocenters. The summed E-state index contributed by atoms with van der Waals surface area (Å²) in [5, 5.41) is 13.7. The highest BCUT2D eigenvalue weighted by molar-refractivity contribution is 5.31. The molecule has 1 aromatic carbocycles. The maximum absolute atomic E-state index is 9.88. The van der Waals surface area contributed by atoms with E-state index in [1.165, 1.54) is 68.9 Å². The maximum Gasteiger partial charge on any atom is 0.0499 e. The standard InChI is InChI=1S/C19H29NO/c21-15-19(12-6-1-7-13-19)14-20-18-11-5-3-9-16-8-2-4-10-17(16)18/h2,4,8,10,18,20-21H,1,3,5-7,9,11-15H2. The number of fused-ring (bicyclic) bond motifs is 1. The van der Waals surface area contributed by atoms with Gasteiger partial charge in [-0.2, -0.15) is 0 Å². The summed E-state index contributed by atoms with van der Waals surface area (Å²) in [5.41, 5.74) is 3.16. The molecule has 2 heteroatoms. The number of aliphatic hydroxyl groups is 1. The van der Waals surface area contributed by atoms with Gasteiger partial charge in [0.15, 0.2) is 0 Å². The number of nitrogens with one attached hydrogen (secondary N) is 1. The predicted molar refractivity (Wildman–Crippen MR) is 87.3 cm³/mol. The van der Waals surface area contributed by atoms with Crippen molar-refractivity contribution in [3.8, 4) is 0 Å². The lowest BCUT2D eigenvalue weighted by atomic mass is 9.74. The van der Waals surface area contributed by atoms with E-state index in [-0.39, 0.29) is 5.41 Å². The molecule has 116 valence electrons. The topological polar surface area (TPSA) is 32.3 Å². The Morgan fingerprint density at radius 3 is 2.67 bits per heavy atom. The summed E-state index contributed by atoms with van der Waals surface area (Å²) in [6, 6.07) is 9.40. The first-order valence-corrected chi connectivity index (χ1v) is 8.75. The van der Waals surface area contributed by atoms with Crippen LogP contribution in [0.4, 0.5) is 0 Å². The molecule has 0 heterocycles. The van der Waals surface area contributed by atoms with Gasteiger partial charge in [-0.15, -0.1) is 0 Å². The molecule has 0 amide bonds. The van der Waals surface area contributed by atoms with Gasteiger partial charge in [0.1, 0.15) is 0 Å². The van der Waals surface area contributed by atoms with Gasteiger partial charge < -0.3 is 10.4 Å². The molecule has 0 radical (unpaired) electrons. The van der Waals surface area contributed by atoms with Crippen LogP contribution in [0.25, 0.3) is 0 Å². The molecule has 2 N–H and O–H groups in total. The van der Waals surface area contributed by atoms with Crippen molar-refractivity contribution in [2.45, 2.75) is 63.8 Å². The number of hydrogen-bond donors (Lipinski definition) is 2. The second kappa shape index (κ2) is 6.93. The van der Waals surface area contributed by atoms with Crippen molar-refractivity contribution in [1.82, 2.24) is 5.32 Å². The van der Waals surface area contributed by atoms with E-state index in [1.807, 2.05) is 0 Å². The SMILES string of the molecule is OCC1(CNC2CCCCc3ccccc32)CCCCC1. The van der Waals surface area contributed by atoms with Crippen molar-refractivity contribution in [2.75, 3.05) is 13.2 Å². The molecule has 0 aliphatic heterocycles. The third-order valence-electron chi connectivity index (χ3n) is 5.59. The van der Waals surface area contributed by atoms with E-state index in [2.05, 4.69) is 29.6 Å². The van der Waals surface area contributed by atoms with E-state index in [0.717, 1.165) is 6.54 Å². The van der Waals surface area contributed by atoms with Gasteiger partial charge >= 0.3 is 0 Å². The van der Waals surface area contributed by atoms with Crippen LogP contribution in [0.1, 0.15) is 68.5 Å². The second-order valence-electron chi connectivity index (χ2n) is 7.10. The van der Waals surface area contributed by atoms with Crippen LogP contribution in [-0.2, 0) is 6.42 Å². The fraction of sp³-hybridized carbons (Fsp3) is 0.684. The Morgan fingerprint density at radius 2 is 1.86 bits per heavy atom. The van der Waals surface area contributed by atoms with Crippen LogP contribution >= 0.6 is 0 Å². The first-order chi connectivity index (χ1) is 10.3. The van der Waals surface area contributed by atoms with Gasteiger partial charge in [-0.05, 0) is 43.2 Å². The minimum absolute atomic E-state index is 0.138. The molecule has 1 atom stereocenters. The smallest absolute Gasteiger partial charge is 0.0499 e. The van der Waals surface area contributed by atoms with Gasteiger partial charge in [0.05, 0.1) is 0 Å². The molecular formula is C19H29NO. The Morgan fingerprint density at radius 1 is 1.05 bits per heavy atom. The van der Waals surface area contributed by atoms with Gasteiger partial charge in [-0.25, -0.2) is 0 Å². The lowest BCUT2D eigenvalue weighted by Crippen LogP contribution is -2.40. The van der Waals surface area contributed by atoms with E-state index < -0.39 is 0 Å². The van der Waals surface area contributed by atoms with Gasteiger partial charge in [0, 0.05) is 24.6 Å². The summed E-state index contributed by atoms with van der Waals surface area (Å²) in [5.74, 6) is 0. The quantitative estimate of drug-likeness (QED) is 0.821. The maximum atomic E-state index is 9.88. The highest BCUT2D eigenvalue weighted by atomic mass is 16.3. The summed E-state index contributed by atoms with van der Waals surface area (Å²) in [6.07, 6.45) is 11.3. The molecule has 2 nitrogen and oxygen atoms in total. The first-order valence-electron chi connectivity index (χ1n) is 8.75. The number of hydrogen-bond acceptors (Lipinski definition) is 2. The molecule has 1 aromatic rings. The molecule has 1 saturated carbocycles. The molecule has 2 aliphatic carbocycles. The van der Waals surface area contributed by atoms with E-state index in [1.54, 1.807) is 0 Å². The minimum atomic E-state index is 0.138. The zero-order valence-corrected chi connectivity index (χ0v) is 13.1. The van der Waals surface area contributed by atoms with Gasteiger partial charge in [0.2, 0.25) is 0 Å². The van der Waals surface area contributed by atoms with E-state index in [0.29, 0.717) is 12.6 Å². The summed E-state index contributed by atoms with van der Waals surface area (Å²) in [4.78, 5) is 0. The Kier molecular flexibility index (Phi) is 4.97. The van der Waals surface area contributed by atoms with Crippen molar-refractivity contribution in [1.29, 1.82) is 0 Å². The summed E-state index contributed by atoms with van der Waals surface area (Å²) >= 11 is 0. The zero-order valence-electron chi connectivity index (χ0n) is 13.1. The third-order valence-corrected chi connectivity index (χ3v) is 5.59. The van der Waals surface area contributed by atoms with Gasteiger partial charge in [-0.1, -0.05) is 49.9 Å². The summed E-state index contributed by atoms with van der Waals surface area (Å²) in [6.45, 7) is 1.32. The van der Waals surface area contributed by atoms with E-state index in [4.69, 9.17) is 0 Å². The fourth-order valence-electron chi connectivity index (χ4n) is 4.17. The second-order valence-corrected chi connectivity index (χ2v) is 7.10. The Labute approximate surface area is 129 Å². The lowest BCUT2D eigenvalue weighted by Gasteiger charge is -2.37. The average molecular weight is 287 g/mol. The molecule has 2 aliphatic rings. The van der Waals surface area contributed by atoms with Crippen LogP contribution < -0.4 is 5.32 Å². The molecule has 1 fully saturated rings. The highest BCUT2D eigenvalue weighted by Crippen LogP contribution is 2.36. The highest BCUT2D eigenvalue weighted by Gasteiger charge is 2.32. The van der Waals surface area contributed by atoms with Gasteiger partial charge in [0.25, 0.3) is 0 Å². The number of aryl methyl sites for hydroxylation is 1. The van der Waals surface area contributed by atoms with Crippen LogP contribution in [0.3, 0.4) is 0 Å². The summed E-state index contributed by atoms with van der Waals surface area (Å²) in [7, 11) is 0.